The molecule has 4 heteroatoms. The van der Waals surface area contributed by atoms with Crippen LogP contribution in [0.3, 0.4) is 0 Å². The van der Waals surface area contributed by atoms with Crippen molar-refractivity contribution >= 4 is 11.7 Å². The summed E-state index contributed by atoms with van der Waals surface area (Å²) in [6, 6.07) is 7.25. The topological polar surface area (TPSA) is 89.3 Å². The van der Waals surface area contributed by atoms with Gasteiger partial charge in [-0.1, -0.05) is 36.4 Å². The summed E-state index contributed by atoms with van der Waals surface area (Å²) in [6.45, 7) is 0. The Hall–Kier alpha value is -2.07. The maximum Gasteiger partial charge on any atom is 0.331 e. The Kier molecular flexibility index (Phi) is 2.73. The van der Waals surface area contributed by atoms with E-state index in [0.29, 0.717) is 11.3 Å². The largest absolute Gasteiger partial charge is 0.478 e. The van der Waals surface area contributed by atoms with Crippen LogP contribution in [0.25, 0.3) is 0 Å². The molecule has 88 valence electrons. The van der Waals surface area contributed by atoms with Gasteiger partial charge in [0, 0.05) is 17.7 Å². The summed E-state index contributed by atoms with van der Waals surface area (Å²) < 4.78 is 0. The van der Waals surface area contributed by atoms with Crippen molar-refractivity contribution in [3.8, 4) is 0 Å². The van der Waals surface area contributed by atoms with Gasteiger partial charge in [0.15, 0.2) is 0 Å². The van der Waals surface area contributed by atoms with Gasteiger partial charge in [-0.05, 0) is 11.6 Å². The summed E-state index contributed by atoms with van der Waals surface area (Å²) in [4.78, 5) is 11.0. The molecule has 1 aromatic rings. The van der Waals surface area contributed by atoms with Gasteiger partial charge >= 0.3 is 5.97 Å². The maximum atomic E-state index is 11.0. The van der Waals surface area contributed by atoms with Crippen molar-refractivity contribution in [2.75, 3.05) is 5.73 Å². The third-order valence-corrected chi connectivity index (χ3v) is 2.91. The van der Waals surface area contributed by atoms with E-state index in [2.05, 4.69) is 0 Å². The van der Waals surface area contributed by atoms with Crippen LogP contribution in [0.5, 0.6) is 0 Å². The number of nitrogen functional groups attached to an aromatic ring is 1. The second kappa shape index (κ2) is 4.07. The van der Waals surface area contributed by atoms with Gasteiger partial charge in [0.2, 0.25) is 0 Å². The number of hydrogen-bond donors (Lipinski definition) is 3. The van der Waals surface area contributed by atoms with E-state index in [9.17, 15) is 4.79 Å². The molecule has 17 heavy (non-hydrogen) atoms. The molecular formula is C13H14N2O2. The highest BCUT2D eigenvalue weighted by molar-refractivity contribution is 5.87. The van der Waals surface area contributed by atoms with Crippen LogP contribution in [-0.2, 0) is 10.3 Å². The number of aliphatic carboxylic acids is 1. The number of para-hydroxylation sites is 1. The van der Waals surface area contributed by atoms with Crippen molar-refractivity contribution in [2.24, 2.45) is 5.73 Å². The van der Waals surface area contributed by atoms with Crippen LogP contribution in [0.1, 0.15) is 12.0 Å². The lowest BCUT2D eigenvalue weighted by Gasteiger charge is -2.30. The summed E-state index contributed by atoms with van der Waals surface area (Å²) in [7, 11) is 0. The number of benzene rings is 1. The molecule has 4 nitrogen and oxygen atoms in total. The third-order valence-electron chi connectivity index (χ3n) is 2.91. The number of anilines is 1. The molecule has 0 aromatic heterocycles. The number of carboxylic acid groups (broad SMARTS) is 1. The van der Waals surface area contributed by atoms with E-state index in [0.717, 1.165) is 5.56 Å². The number of rotatable bonds is 2. The van der Waals surface area contributed by atoms with Crippen LogP contribution in [-0.4, -0.2) is 11.1 Å². The molecule has 0 amide bonds. The van der Waals surface area contributed by atoms with Crippen LogP contribution < -0.4 is 11.5 Å². The van der Waals surface area contributed by atoms with Gasteiger partial charge in [0.25, 0.3) is 0 Å². The number of carbonyl (C=O) groups is 1. The Morgan fingerprint density at radius 2 is 2.06 bits per heavy atom. The van der Waals surface area contributed by atoms with E-state index < -0.39 is 11.5 Å². The van der Waals surface area contributed by atoms with Gasteiger partial charge in [-0.2, -0.15) is 0 Å². The Labute approximate surface area is 99.2 Å². The molecule has 0 fully saturated rings. The van der Waals surface area contributed by atoms with Crippen LogP contribution in [0.15, 0.2) is 48.1 Å². The predicted octanol–water partition coefficient (Wildman–Crippen LogP) is 1.39. The molecule has 1 aromatic carbocycles. The van der Waals surface area contributed by atoms with E-state index >= 15 is 0 Å². The van der Waals surface area contributed by atoms with Crippen molar-refractivity contribution in [1.82, 2.24) is 0 Å². The van der Waals surface area contributed by atoms with Crippen molar-refractivity contribution < 1.29 is 9.90 Å². The smallest absolute Gasteiger partial charge is 0.331 e. The Morgan fingerprint density at radius 1 is 1.35 bits per heavy atom. The molecule has 1 atom stereocenters. The standard InChI is InChI=1S/C13H14N2O2/c14-11-6-2-1-5-10(11)13(15)7-3-4-9(8-13)12(16)17/h1-7H,8,14-15H2,(H,16,17). The van der Waals surface area contributed by atoms with Gasteiger partial charge in [-0.15, -0.1) is 0 Å². The van der Waals surface area contributed by atoms with E-state index in [-0.39, 0.29) is 6.42 Å². The second-order valence-corrected chi connectivity index (χ2v) is 4.16. The minimum absolute atomic E-state index is 0.243. The number of allylic oxidation sites excluding steroid dienone is 2. The SMILES string of the molecule is Nc1ccccc1C1(N)C=CC=C(C(=O)O)C1. The summed E-state index contributed by atoms with van der Waals surface area (Å²) in [6.07, 6.45) is 5.25. The van der Waals surface area contributed by atoms with E-state index in [1.165, 1.54) is 0 Å². The summed E-state index contributed by atoms with van der Waals surface area (Å²) in [5.74, 6) is -0.946. The molecule has 0 saturated carbocycles. The molecular weight excluding hydrogens is 216 g/mol. The Morgan fingerprint density at radius 3 is 2.71 bits per heavy atom. The molecule has 0 radical (unpaired) electrons. The molecule has 0 spiro atoms. The fourth-order valence-corrected chi connectivity index (χ4v) is 2.02. The van der Waals surface area contributed by atoms with Gasteiger partial charge in [0.1, 0.15) is 0 Å². The Bertz CT molecular complexity index is 520. The van der Waals surface area contributed by atoms with Crippen molar-refractivity contribution in [3.05, 3.63) is 53.6 Å². The first-order valence-electron chi connectivity index (χ1n) is 5.28. The average molecular weight is 230 g/mol. The van der Waals surface area contributed by atoms with E-state index in [1.807, 2.05) is 18.2 Å². The first-order chi connectivity index (χ1) is 8.03. The minimum Gasteiger partial charge on any atom is -0.478 e. The summed E-state index contributed by atoms with van der Waals surface area (Å²) in [5.41, 5.74) is 12.9. The normalized spacial score (nSPS) is 23.2. The molecule has 1 aliphatic carbocycles. The van der Waals surface area contributed by atoms with Crippen LogP contribution in [0.4, 0.5) is 5.69 Å². The highest BCUT2D eigenvalue weighted by atomic mass is 16.4. The number of hydrogen-bond acceptors (Lipinski definition) is 3. The van der Waals surface area contributed by atoms with Gasteiger partial charge < -0.3 is 16.6 Å². The molecule has 1 unspecified atom stereocenters. The van der Waals surface area contributed by atoms with Gasteiger partial charge in [-0.3, -0.25) is 0 Å². The van der Waals surface area contributed by atoms with Crippen molar-refractivity contribution in [1.29, 1.82) is 0 Å². The first-order valence-corrected chi connectivity index (χ1v) is 5.28. The van der Waals surface area contributed by atoms with E-state index in [4.69, 9.17) is 16.6 Å². The zero-order chi connectivity index (χ0) is 12.5. The summed E-state index contributed by atoms with van der Waals surface area (Å²) in [5, 5.41) is 9.00. The molecule has 1 aliphatic rings. The van der Waals surface area contributed by atoms with Crippen LogP contribution in [0, 0.1) is 0 Å². The lowest BCUT2D eigenvalue weighted by Crippen LogP contribution is -2.37. The first kappa shape index (κ1) is 11.4. The Balaban J connectivity index is 2.40. The monoisotopic (exact) mass is 230 g/mol. The maximum absolute atomic E-state index is 11.0. The molecule has 0 aliphatic heterocycles. The third kappa shape index (κ3) is 2.07. The van der Waals surface area contributed by atoms with E-state index in [1.54, 1.807) is 24.3 Å². The molecule has 0 saturated heterocycles. The highest BCUT2D eigenvalue weighted by Gasteiger charge is 2.31. The van der Waals surface area contributed by atoms with Crippen molar-refractivity contribution in [2.45, 2.75) is 12.0 Å². The second-order valence-electron chi connectivity index (χ2n) is 4.16. The van der Waals surface area contributed by atoms with Gasteiger partial charge in [0.05, 0.1) is 5.54 Å². The highest BCUT2D eigenvalue weighted by Crippen LogP contribution is 2.33. The number of nitrogens with two attached hydrogens (primary N) is 2. The van der Waals surface area contributed by atoms with Crippen molar-refractivity contribution in [3.63, 3.8) is 0 Å². The molecule has 0 bridgehead atoms. The van der Waals surface area contributed by atoms with Gasteiger partial charge in [-0.25, -0.2) is 4.79 Å². The molecule has 0 heterocycles. The summed E-state index contributed by atoms with van der Waals surface area (Å²) >= 11 is 0. The predicted molar refractivity (Wildman–Crippen MR) is 66.2 cm³/mol. The zero-order valence-electron chi connectivity index (χ0n) is 9.26. The van der Waals surface area contributed by atoms with Crippen LogP contribution >= 0.6 is 0 Å². The van der Waals surface area contributed by atoms with Crippen LogP contribution in [0.2, 0.25) is 0 Å². The fourth-order valence-electron chi connectivity index (χ4n) is 2.02. The average Bonchev–Trinajstić information content (AvgIpc) is 2.29. The lowest BCUT2D eigenvalue weighted by atomic mass is 9.81. The number of carboxylic acids is 1. The molecule has 2 rings (SSSR count). The quantitative estimate of drug-likeness (QED) is 0.670. The lowest BCUT2D eigenvalue weighted by molar-refractivity contribution is -0.132. The molecule has 5 N–H and O–H groups in total. The minimum atomic E-state index is -0.946. The zero-order valence-corrected chi connectivity index (χ0v) is 9.26. The fraction of sp³-hybridized carbons (Fsp3) is 0.154.